The standard InChI is InChI=1S/C11H12N4OS/c1-8(16)17-5-3-2-4-9-10-11(14-6-12-9)15-7-13-10/h2,4,6-7H,3,5H2,1H3,(H,12,13,14,15). The molecule has 2 aromatic rings. The molecule has 2 heterocycles. The van der Waals surface area contributed by atoms with Gasteiger partial charge in [0.2, 0.25) is 0 Å². The van der Waals surface area contributed by atoms with Crippen LogP contribution in [0.25, 0.3) is 17.2 Å². The van der Waals surface area contributed by atoms with Gasteiger partial charge in [0.05, 0.1) is 12.0 Å². The molecule has 0 unspecified atom stereocenters. The van der Waals surface area contributed by atoms with Gasteiger partial charge in [0.1, 0.15) is 11.8 Å². The lowest BCUT2D eigenvalue weighted by atomic mass is 10.3. The van der Waals surface area contributed by atoms with E-state index in [4.69, 9.17) is 0 Å². The summed E-state index contributed by atoms with van der Waals surface area (Å²) in [5, 5.41) is 0.149. The first-order valence-corrected chi connectivity index (χ1v) is 6.20. The van der Waals surface area contributed by atoms with Crippen molar-refractivity contribution in [1.29, 1.82) is 0 Å². The fourth-order valence-electron chi connectivity index (χ4n) is 1.38. The summed E-state index contributed by atoms with van der Waals surface area (Å²) >= 11 is 1.33. The number of hydrogen-bond acceptors (Lipinski definition) is 5. The van der Waals surface area contributed by atoms with E-state index in [1.165, 1.54) is 18.1 Å². The van der Waals surface area contributed by atoms with Crippen LogP contribution in [0.1, 0.15) is 19.0 Å². The minimum atomic E-state index is 0.149. The predicted molar refractivity (Wildman–Crippen MR) is 68.5 cm³/mol. The summed E-state index contributed by atoms with van der Waals surface area (Å²) in [6.45, 7) is 1.58. The molecular formula is C11H12N4OS. The van der Waals surface area contributed by atoms with Gasteiger partial charge in [0, 0.05) is 12.7 Å². The first-order valence-electron chi connectivity index (χ1n) is 5.21. The molecule has 5 nitrogen and oxygen atoms in total. The average molecular weight is 248 g/mol. The number of allylic oxidation sites excluding steroid dienone is 1. The normalized spacial score (nSPS) is 11.4. The van der Waals surface area contributed by atoms with Gasteiger partial charge in [-0.05, 0) is 12.5 Å². The Labute approximate surface area is 103 Å². The van der Waals surface area contributed by atoms with Crippen LogP contribution in [-0.2, 0) is 4.79 Å². The molecular weight excluding hydrogens is 236 g/mol. The fraction of sp³-hybridized carbons (Fsp3) is 0.273. The van der Waals surface area contributed by atoms with Gasteiger partial charge < -0.3 is 4.98 Å². The minimum absolute atomic E-state index is 0.149. The molecule has 2 aromatic heterocycles. The highest BCUT2D eigenvalue weighted by molar-refractivity contribution is 8.13. The van der Waals surface area contributed by atoms with Crippen LogP contribution in [0.4, 0.5) is 0 Å². The second-order valence-electron chi connectivity index (χ2n) is 3.39. The zero-order chi connectivity index (χ0) is 12.1. The van der Waals surface area contributed by atoms with Gasteiger partial charge in [-0.1, -0.05) is 17.8 Å². The molecule has 0 spiro atoms. The SMILES string of the molecule is CC(=O)SCCC=Cc1ncnc2nc[nH]c12. The third-order valence-corrected chi connectivity index (χ3v) is 2.96. The maximum Gasteiger partial charge on any atom is 0.185 e. The topological polar surface area (TPSA) is 71.5 Å². The van der Waals surface area contributed by atoms with Crippen LogP contribution in [-0.4, -0.2) is 30.8 Å². The number of thioether (sulfide) groups is 1. The van der Waals surface area contributed by atoms with E-state index in [-0.39, 0.29) is 5.12 Å². The van der Waals surface area contributed by atoms with E-state index in [1.54, 1.807) is 13.3 Å². The van der Waals surface area contributed by atoms with Crippen LogP contribution < -0.4 is 0 Å². The van der Waals surface area contributed by atoms with Gasteiger partial charge in [-0.2, -0.15) is 0 Å². The molecule has 0 bridgehead atoms. The molecule has 0 fully saturated rings. The van der Waals surface area contributed by atoms with Crippen LogP contribution in [0.3, 0.4) is 0 Å². The Bertz CT molecular complexity index is 549. The van der Waals surface area contributed by atoms with Crippen molar-refractivity contribution in [3.63, 3.8) is 0 Å². The highest BCUT2D eigenvalue weighted by atomic mass is 32.2. The van der Waals surface area contributed by atoms with Crippen LogP contribution in [0.15, 0.2) is 18.7 Å². The molecule has 2 rings (SSSR count). The number of rotatable bonds is 4. The second kappa shape index (κ2) is 5.58. The van der Waals surface area contributed by atoms with Crippen molar-refractivity contribution in [3.05, 3.63) is 24.4 Å². The predicted octanol–water partition coefficient (Wildman–Crippen LogP) is 2.04. The molecule has 0 saturated heterocycles. The first kappa shape index (κ1) is 11.8. The van der Waals surface area contributed by atoms with Crippen molar-refractivity contribution in [2.24, 2.45) is 0 Å². The number of fused-ring (bicyclic) bond motifs is 1. The summed E-state index contributed by atoms with van der Waals surface area (Å²) < 4.78 is 0. The van der Waals surface area contributed by atoms with Gasteiger partial charge in [-0.3, -0.25) is 4.79 Å². The number of nitrogens with one attached hydrogen (secondary N) is 1. The zero-order valence-electron chi connectivity index (χ0n) is 9.38. The van der Waals surface area contributed by atoms with Gasteiger partial charge in [0.25, 0.3) is 0 Å². The Kier molecular flexibility index (Phi) is 3.87. The first-order chi connectivity index (χ1) is 8.27. The van der Waals surface area contributed by atoms with Crippen LogP contribution in [0.2, 0.25) is 0 Å². The zero-order valence-corrected chi connectivity index (χ0v) is 10.2. The van der Waals surface area contributed by atoms with Crippen LogP contribution >= 0.6 is 11.8 Å². The fourth-order valence-corrected chi connectivity index (χ4v) is 1.92. The summed E-state index contributed by atoms with van der Waals surface area (Å²) in [5.41, 5.74) is 2.32. The maximum absolute atomic E-state index is 10.7. The summed E-state index contributed by atoms with van der Waals surface area (Å²) in [7, 11) is 0. The largest absolute Gasteiger partial charge is 0.341 e. The number of nitrogens with zero attached hydrogens (tertiary/aromatic N) is 3. The van der Waals surface area contributed by atoms with E-state index in [9.17, 15) is 4.79 Å². The quantitative estimate of drug-likeness (QED) is 0.838. The number of carbonyl (C=O) groups excluding carboxylic acids is 1. The van der Waals surface area contributed by atoms with Crippen molar-refractivity contribution in [2.75, 3.05) is 5.75 Å². The van der Waals surface area contributed by atoms with E-state index in [2.05, 4.69) is 19.9 Å². The smallest absolute Gasteiger partial charge is 0.185 e. The van der Waals surface area contributed by atoms with E-state index >= 15 is 0 Å². The number of imidazole rings is 1. The lowest BCUT2D eigenvalue weighted by Gasteiger charge is -1.94. The highest BCUT2D eigenvalue weighted by Gasteiger charge is 2.01. The van der Waals surface area contributed by atoms with Crippen molar-refractivity contribution in [2.45, 2.75) is 13.3 Å². The van der Waals surface area contributed by atoms with E-state index in [0.29, 0.717) is 5.65 Å². The number of carbonyl (C=O) groups is 1. The number of H-pyrrole nitrogens is 1. The Morgan fingerprint density at radius 1 is 1.47 bits per heavy atom. The van der Waals surface area contributed by atoms with Gasteiger partial charge in [-0.25, -0.2) is 15.0 Å². The number of aromatic nitrogens is 4. The molecule has 0 amide bonds. The molecule has 0 aliphatic carbocycles. The third-order valence-electron chi connectivity index (χ3n) is 2.12. The lowest BCUT2D eigenvalue weighted by molar-refractivity contribution is -0.109. The highest BCUT2D eigenvalue weighted by Crippen LogP contribution is 2.11. The molecule has 0 aliphatic rings. The Balaban J connectivity index is 2.00. The molecule has 0 saturated carbocycles. The van der Waals surface area contributed by atoms with Crippen molar-refractivity contribution in [3.8, 4) is 0 Å². The van der Waals surface area contributed by atoms with Crippen molar-refractivity contribution >= 4 is 34.1 Å². The van der Waals surface area contributed by atoms with E-state index in [0.717, 1.165) is 23.4 Å². The van der Waals surface area contributed by atoms with Gasteiger partial charge in [0.15, 0.2) is 10.8 Å². The second-order valence-corrected chi connectivity index (χ2v) is 4.66. The lowest BCUT2D eigenvalue weighted by Crippen LogP contribution is -1.87. The molecule has 1 N–H and O–H groups in total. The molecule has 88 valence electrons. The number of aromatic amines is 1. The van der Waals surface area contributed by atoms with E-state index < -0.39 is 0 Å². The maximum atomic E-state index is 10.7. The average Bonchev–Trinajstić information content (AvgIpc) is 2.77. The Morgan fingerprint density at radius 3 is 3.18 bits per heavy atom. The third kappa shape index (κ3) is 3.13. The Morgan fingerprint density at radius 2 is 2.35 bits per heavy atom. The molecule has 0 aromatic carbocycles. The molecule has 0 aliphatic heterocycles. The summed E-state index contributed by atoms with van der Waals surface area (Å²) in [6, 6.07) is 0. The number of hydrogen-bond donors (Lipinski definition) is 1. The molecule has 0 radical (unpaired) electrons. The van der Waals surface area contributed by atoms with Crippen molar-refractivity contribution in [1.82, 2.24) is 19.9 Å². The van der Waals surface area contributed by atoms with Crippen molar-refractivity contribution < 1.29 is 4.79 Å². The molecule has 6 heteroatoms. The van der Waals surface area contributed by atoms with Gasteiger partial charge >= 0.3 is 0 Å². The van der Waals surface area contributed by atoms with Crippen LogP contribution in [0, 0.1) is 0 Å². The monoisotopic (exact) mass is 248 g/mol. The van der Waals surface area contributed by atoms with Crippen LogP contribution in [0.5, 0.6) is 0 Å². The summed E-state index contributed by atoms with van der Waals surface area (Å²) in [5.74, 6) is 0.795. The summed E-state index contributed by atoms with van der Waals surface area (Å²) in [6.07, 6.45) is 7.85. The minimum Gasteiger partial charge on any atom is -0.341 e. The summed E-state index contributed by atoms with van der Waals surface area (Å²) in [4.78, 5) is 26.0. The molecule has 17 heavy (non-hydrogen) atoms. The Hall–Kier alpha value is -1.69. The van der Waals surface area contributed by atoms with E-state index in [1.807, 2.05) is 12.2 Å². The molecule has 0 atom stereocenters. The van der Waals surface area contributed by atoms with Gasteiger partial charge in [-0.15, -0.1) is 0 Å².